The number of ether oxygens (including phenoxy) is 1. The monoisotopic (exact) mass is 323 g/mol. The van der Waals surface area contributed by atoms with E-state index in [0.29, 0.717) is 18.8 Å². The average Bonchev–Trinajstić information content (AvgIpc) is 2.59. The van der Waals surface area contributed by atoms with Gasteiger partial charge in [-0.2, -0.15) is 0 Å². The van der Waals surface area contributed by atoms with Crippen LogP contribution in [0.15, 0.2) is 18.2 Å². The smallest absolute Gasteiger partial charge is 0.340 e. The van der Waals surface area contributed by atoms with Gasteiger partial charge in [0, 0.05) is 51.5 Å². The number of carbonyl (C=O) groups excluding carboxylic acids is 1. The minimum Gasteiger partial charge on any atom is -0.465 e. The summed E-state index contributed by atoms with van der Waals surface area (Å²) >= 11 is 0. The van der Waals surface area contributed by atoms with Crippen molar-refractivity contribution in [1.82, 2.24) is 4.90 Å². The molecule has 8 nitrogen and oxygen atoms in total. The summed E-state index contributed by atoms with van der Waals surface area (Å²) in [5, 5.41) is 19.8. The van der Waals surface area contributed by atoms with Crippen molar-refractivity contribution < 1.29 is 19.6 Å². The Morgan fingerprint density at radius 3 is 2.61 bits per heavy atom. The number of anilines is 1. The number of hydrogen-bond donors (Lipinski definition) is 1. The Balaban J connectivity index is 2.16. The van der Waals surface area contributed by atoms with Crippen LogP contribution in [0.2, 0.25) is 0 Å². The number of rotatable bonds is 6. The van der Waals surface area contributed by atoms with Crippen LogP contribution in [-0.4, -0.2) is 67.3 Å². The highest BCUT2D eigenvalue weighted by molar-refractivity contribution is 5.96. The number of aliphatic hydroxyl groups is 1. The van der Waals surface area contributed by atoms with Gasteiger partial charge in [0.05, 0.1) is 23.3 Å². The summed E-state index contributed by atoms with van der Waals surface area (Å²) in [5.41, 5.74) is 0.741. The van der Waals surface area contributed by atoms with Gasteiger partial charge in [0.2, 0.25) is 0 Å². The van der Waals surface area contributed by atoms with Crippen molar-refractivity contribution in [2.75, 3.05) is 51.3 Å². The van der Waals surface area contributed by atoms with E-state index in [1.807, 2.05) is 4.90 Å². The van der Waals surface area contributed by atoms with Crippen LogP contribution in [0.1, 0.15) is 16.8 Å². The lowest BCUT2D eigenvalue weighted by atomic mass is 10.1. The van der Waals surface area contributed by atoms with Crippen molar-refractivity contribution in [3.63, 3.8) is 0 Å². The van der Waals surface area contributed by atoms with Gasteiger partial charge in [0.25, 0.3) is 5.69 Å². The second-order valence-electron chi connectivity index (χ2n) is 5.36. The second kappa shape index (κ2) is 7.89. The molecular formula is C15H21N3O5. The number of piperazine rings is 1. The number of aliphatic hydroxyl groups excluding tert-OH is 1. The van der Waals surface area contributed by atoms with E-state index < -0.39 is 10.9 Å². The van der Waals surface area contributed by atoms with E-state index in [1.165, 1.54) is 19.2 Å². The van der Waals surface area contributed by atoms with Crippen molar-refractivity contribution in [1.29, 1.82) is 0 Å². The van der Waals surface area contributed by atoms with Gasteiger partial charge >= 0.3 is 5.97 Å². The second-order valence-corrected chi connectivity index (χ2v) is 5.36. The molecule has 1 aliphatic rings. The first kappa shape index (κ1) is 17.2. The number of carbonyl (C=O) groups is 1. The molecule has 0 atom stereocenters. The number of nitro benzene ring substituents is 1. The predicted octanol–water partition coefficient (Wildman–Crippen LogP) is 0.886. The van der Waals surface area contributed by atoms with Crippen LogP contribution in [0.5, 0.6) is 0 Å². The fraction of sp³-hybridized carbons (Fsp3) is 0.533. The minimum absolute atomic E-state index is 0.129. The maximum Gasteiger partial charge on any atom is 0.340 e. The third-order valence-electron chi connectivity index (χ3n) is 3.94. The van der Waals surface area contributed by atoms with Gasteiger partial charge in [0.15, 0.2) is 0 Å². The van der Waals surface area contributed by atoms with Crippen molar-refractivity contribution in [3.05, 3.63) is 33.9 Å². The fourth-order valence-electron chi connectivity index (χ4n) is 2.69. The van der Waals surface area contributed by atoms with Crippen LogP contribution < -0.4 is 4.90 Å². The fourth-order valence-corrected chi connectivity index (χ4v) is 2.69. The van der Waals surface area contributed by atoms with Gasteiger partial charge in [-0.3, -0.25) is 15.0 Å². The first-order valence-electron chi connectivity index (χ1n) is 7.51. The molecule has 8 heteroatoms. The molecule has 0 amide bonds. The van der Waals surface area contributed by atoms with Crippen molar-refractivity contribution in [2.45, 2.75) is 6.42 Å². The number of non-ortho nitro benzene ring substituents is 1. The molecule has 126 valence electrons. The van der Waals surface area contributed by atoms with Crippen LogP contribution in [-0.2, 0) is 4.74 Å². The molecule has 1 aromatic carbocycles. The summed E-state index contributed by atoms with van der Waals surface area (Å²) in [4.78, 5) is 26.6. The zero-order chi connectivity index (χ0) is 16.8. The van der Waals surface area contributed by atoms with Gasteiger partial charge in [-0.15, -0.1) is 0 Å². The van der Waals surface area contributed by atoms with E-state index in [-0.39, 0.29) is 17.9 Å². The molecule has 1 N–H and O–H groups in total. The van der Waals surface area contributed by atoms with Crippen molar-refractivity contribution >= 4 is 17.3 Å². The highest BCUT2D eigenvalue weighted by atomic mass is 16.6. The quantitative estimate of drug-likeness (QED) is 0.472. The Hall–Kier alpha value is -2.19. The molecule has 0 radical (unpaired) electrons. The van der Waals surface area contributed by atoms with E-state index in [0.717, 1.165) is 26.1 Å². The molecule has 0 aromatic heterocycles. The number of hydrogen-bond acceptors (Lipinski definition) is 7. The molecule has 1 aromatic rings. The highest BCUT2D eigenvalue weighted by Crippen LogP contribution is 2.27. The van der Waals surface area contributed by atoms with Crippen molar-refractivity contribution in [2.24, 2.45) is 0 Å². The molecule has 0 saturated carbocycles. The van der Waals surface area contributed by atoms with E-state index >= 15 is 0 Å². The molecule has 23 heavy (non-hydrogen) atoms. The summed E-state index contributed by atoms with van der Waals surface area (Å²) in [6, 6.07) is 4.27. The first-order valence-corrected chi connectivity index (χ1v) is 7.51. The zero-order valence-corrected chi connectivity index (χ0v) is 13.1. The third kappa shape index (κ3) is 4.17. The Labute approximate surface area is 134 Å². The van der Waals surface area contributed by atoms with Crippen LogP contribution in [0.4, 0.5) is 11.4 Å². The topological polar surface area (TPSA) is 96.1 Å². The van der Waals surface area contributed by atoms with E-state index in [2.05, 4.69) is 4.90 Å². The van der Waals surface area contributed by atoms with E-state index in [1.54, 1.807) is 6.07 Å². The zero-order valence-electron chi connectivity index (χ0n) is 13.1. The summed E-state index contributed by atoms with van der Waals surface area (Å²) in [7, 11) is 1.26. The molecule has 1 saturated heterocycles. The molecule has 0 spiro atoms. The van der Waals surface area contributed by atoms with E-state index in [9.17, 15) is 14.9 Å². The number of methoxy groups -OCH3 is 1. The Morgan fingerprint density at radius 2 is 2.04 bits per heavy atom. The minimum atomic E-state index is -0.577. The van der Waals surface area contributed by atoms with Crippen LogP contribution in [0.25, 0.3) is 0 Å². The van der Waals surface area contributed by atoms with Crippen LogP contribution in [0.3, 0.4) is 0 Å². The Bertz CT molecular complexity index is 570. The molecule has 1 heterocycles. The summed E-state index contributed by atoms with van der Waals surface area (Å²) in [6.07, 6.45) is 0.741. The average molecular weight is 323 g/mol. The van der Waals surface area contributed by atoms with Gasteiger partial charge in [-0.05, 0) is 12.5 Å². The number of nitrogens with zero attached hydrogens (tertiary/aromatic N) is 3. The van der Waals surface area contributed by atoms with Crippen LogP contribution >= 0.6 is 0 Å². The van der Waals surface area contributed by atoms with E-state index in [4.69, 9.17) is 9.84 Å². The SMILES string of the molecule is COC(=O)c1cc([N+](=O)[O-])ccc1N1CCN(CCCO)CC1. The lowest BCUT2D eigenvalue weighted by Gasteiger charge is -2.36. The van der Waals surface area contributed by atoms with Crippen molar-refractivity contribution in [3.8, 4) is 0 Å². The molecule has 1 aliphatic heterocycles. The maximum absolute atomic E-state index is 11.9. The summed E-state index contributed by atoms with van der Waals surface area (Å²) < 4.78 is 4.75. The van der Waals surface area contributed by atoms with Gasteiger partial charge in [-0.25, -0.2) is 4.79 Å². The number of benzene rings is 1. The van der Waals surface area contributed by atoms with Gasteiger partial charge in [-0.1, -0.05) is 0 Å². The molecule has 0 unspecified atom stereocenters. The Kier molecular flexibility index (Phi) is 5.89. The molecule has 0 aliphatic carbocycles. The third-order valence-corrected chi connectivity index (χ3v) is 3.94. The van der Waals surface area contributed by atoms with Gasteiger partial charge in [0.1, 0.15) is 0 Å². The lowest BCUT2D eigenvalue weighted by molar-refractivity contribution is -0.384. The predicted molar refractivity (Wildman–Crippen MR) is 84.8 cm³/mol. The molecular weight excluding hydrogens is 302 g/mol. The summed E-state index contributed by atoms with van der Waals surface area (Å²) in [6.45, 7) is 4.08. The van der Waals surface area contributed by atoms with Gasteiger partial charge < -0.3 is 14.7 Å². The number of esters is 1. The van der Waals surface area contributed by atoms with Crippen LogP contribution in [0, 0.1) is 10.1 Å². The summed E-state index contributed by atoms with van der Waals surface area (Å²) in [5.74, 6) is -0.577. The largest absolute Gasteiger partial charge is 0.465 e. The standard InChI is InChI=1S/C15H21N3O5/c1-23-15(20)13-11-12(18(21)22)3-4-14(13)17-8-6-16(7-9-17)5-2-10-19/h3-4,11,19H,2,5-10H2,1H3. The normalized spacial score (nSPS) is 15.5. The molecule has 1 fully saturated rings. The first-order chi connectivity index (χ1) is 11.1. The maximum atomic E-state index is 11.9. The lowest BCUT2D eigenvalue weighted by Crippen LogP contribution is -2.47. The molecule has 2 rings (SSSR count). The Morgan fingerprint density at radius 1 is 1.35 bits per heavy atom. The molecule has 0 bridgehead atoms. The highest BCUT2D eigenvalue weighted by Gasteiger charge is 2.24. The number of nitro groups is 1.